The van der Waals surface area contributed by atoms with E-state index in [1.807, 2.05) is 27.7 Å². The van der Waals surface area contributed by atoms with Crippen LogP contribution >= 0.6 is 0 Å². The average Bonchev–Trinajstić information content (AvgIpc) is 2.72. The van der Waals surface area contributed by atoms with Crippen LogP contribution in [-0.2, 0) is 24.3 Å². The fraction of sp³-hybridized carbons (Fsp3) is 0.591. The van der Waals surface area contributed by atoms with Crippen molar-refractivity contribution in [2.75, 3.05) is 19.6 Å². The summed E-state index contributed by atoms with van der Waals surface area (Å²) >= 11 is 0. The molecule has 1 rings (SSSR count). The number of nitrogens with one attached hydrogen (secondary N) is 1. The number of hydrogen-bond donors (Lipinski definition) is 1. The lowest BCUT2D eigenvalue weighted by atomic mass is 10.2. The monoisotopic (exact) mass is 469 g/mol. The Morgan fingerprint density at radius 2 is 1.44 bits per heavy atom. The molecule has 10 heteroatoms. The normalized spacial score (nSPS) is 12.7. The highest BCUT2D eigenvalue weighted by Gasteiger charge is 2.28. The average molecular weight is 470 g/mol. The molecule has 2 amide bonds. The van der Waals surface area contributed by atoms with Crippen LogP contribution in [0, 0.1) is 0 Å². The third-order valence-electron chi connectivity index (χ3n) is 4.88. The molecule has 0 aliphatic carbocycles. The van der Waals surface area contributed by atoms with Crippen molar-refractivity contribution in [3.8, 4) is 0 Å². The van der Waals surface area contributed by atoms with Crippen molar-refractivity contribution in [2.24, 2.45) is 0 Å². The zero-order valence-corrected chi connectivity index (χ0v) is 20.7. The number of ether oxygens (including phenoxy) is 1. The Balaban J connectivity index is 2.71. The fourth-order valence-corrected chi connectivity index (χ4v) is 4.81. The standard InChI is InChI=1S/C22H35N3O6S/c1-8-24(9-2)32(29,30)19-12-10-18(11-13-19)21(27)23-14-20(26)31-17(7)22(28)25(15(3)4)16(5)6/h10-13,15-17H,8-9,14H2,1-7H3,(H,23,27). The first-order chi connectivity index (χ1) is 14.9. The van der Waals surface area contributed by atoms with Gasteiger partial charge in [-0.25, -0.2) is 8.42 Å². The van der Waals surface area contributed by atoms with Crippen molar-refractivity contribution in [2.45, 2.75) is 71.5 Å². The Kier molecular flexibility index (Phi) is 10.3. The van der Waals surface area contributed by atoms with Gasteiger partial charge in [0.25, 0.3) is 11.8 Å². The highest BCUT2D eigenvalue weighted by atomic mass is 32.2. The number of amides is 2. The first-order valence-corrected chi connectivity index (χ1v) is 12.2. The molecule has 1 aromatic rings. The molecule has 0 bridgehead atoms. The molecule has 1 N–H and O–H groups in total. The lowest BCUT2D eigenvalue weighted by Gasteiger charge is -2.32. The molecule has 0 saturated heterocycles. The number of benzene rings is 1. The molecular weight excluding hydrogens is 434 g/mol. The summed E-state index contributed by atoms with van der Waals surface area (Å²) in [7, 11) is -3.62. The van der Waals surface area contributed by atoms with E-state index in [9.17, 15) is 22.8 Å². The maximum Gasteiger partial charge on any atom is 0.326 e. The van der Waals surface area contributed by atoms with Crippen LogP contribution in [0.5, 0.6) is 0 Å². The van der Waals surface area contributed by atoms with Gasteiger partial charge in [0.1, 0.15) is 6.54 Å². The van der Waals surface area contributed by atoms with E-state index in [2.05, 4.69) is 5.32 Å². The molecule has 0 aromatic heterocycles. The minimum absolute atomic E-state index is 0.0446. The Bertz CT molecular complexity index is 885. The molecule has 180 valence electrons. The van der Waals surface area contributed by atoms with Gasteiger partial charge < -0.3 is 15.0 Å². The molecule has 1 atom stereocenters. The van der Waals surface area contributed by atoms with Crippen LogP contribution in [0.3, 0.4) is 0 Å². The first kappa shape index (κ1) is 27.6. The van der Waals surface area contributed by atoms with Gasteiger partial charge in [-0.2, -0.15) is 4.31 Å². The van der Waals surface area contributed by atoms with E-state index in [0.717, 1.165) is 0 Å². The molecule has 0 aliphatic rings. The van der Waals surface area contributed by atoms with E-state index in [-0.39, 0.29) is 28.4 Å². The third kappa shape index (κ3) is 7.03. The van der Waals surface area contributed by atoms with Crippen LogP contribution in [0.1, 0.15) is 58.8 Å². The molecule has 0 heterocycles. The molecule has 0 radical (unpaired) electrons. The highest BCUT2D eigenvalue weighted by molar-refractivity contribution is 7.89. The third-order valence-corrected chi connectivity index (χ3v) is 6.94. The minimum Gasteiger partial charge on any atom is -0.451 e. The second-order valence-corrected chi connectivity index (χ2v) is 9.80. The number of sulfonamides is 1. The highest BCUT2D eigenvalue weighted by Crippen LogP contribution is 2.16. The van der Waals surface area contributed by atoms with Crippen LogP contribution in [0.4, 0.5) is 0 Å². The zero-order chi connectivity index (χ0) is 24.6. The summed E-state index contributed by atoms with van der Waals surface area (Å²) in [5.41, 5.74) is 0.200. The van der Waals surface area contributed by atoms with Crippen molar-refractivity contribution >= 4 is 27.8 Å². The summed E-state index contributed by atoms with van der Waals surface area (Å²) in [6.07, 6.45) is -0.978. The molecule has 9 nitrogen and oxygen atoms in total. The Morgan fingerprint density at radius 1 is 0.938 bits per heavy atom. The van der Waals surface area contributed by atoms with Crippen molar-refractivity contribution in [3.63, 3.8) is 0 Å². The van der Waals surface area contributed by atoms with E-state index in [0.29, 0.717) is 13.1 Å². The van der Waals surface area contributed by atoms with Crippen LogP contribution in [0.25, 0.3) is 0 Å². The maximum absolute atomic E-state index is 12.5. The van der Waals surface area contributed by atoms with Gasteiger partial charge in [-0.3, -0.25) is 14.4 Å². The summed E-state index contributed by atoms with van der Waals surface area (Å²) < 4.78 is 31.5. The van der Waals surface area contributed by atoms with Crippen molar-refractivity contribution in [3.05, 3.63) is 29.8 Å². The second-order valence-electron chi connectivity index (χ2n) is 7.86. The second kappa shape index (κ2) is 12.0. The molecule has 0 saturated carbocycles. The quantitative estimate of drug-likeness (QED) is 0.496. The van der Waals surface area contributed by atoms with Gasteiger partial charge in [-0.05, 0) is 58.9 Å². The van der Waals surface area contributed by atoms with Crippen LogP contribution in [0.2, 0.25) is 0 Å². The Morgan fingerprint density at radius 3 is 1.88 bits per heavy atom. The lowest BCUT2D eigenvalue weighted by molar-refractivity contribution is -0.160. The van der Waals surface area contributed by atoms with Gasteiger partial charge in [0.2, 0.25) is 10.0 Å². The van der Waals surface area contributed by atoms with Gasteiger partial charge in [-0.15, -0.1) is 0 Å². The lowest BCUT2D eigenvalue weighted by Crippen LogP contribution is -2.48. The van der Waals surface area contributed by atoms with Gasteiger partial charge in [0, 0.05) is 30.7 Å². The van der Waals surface area contributed by atoms with Crippen LogP contribution in [-0.4, -0.2) is 73.2 Å². The summed E-state index contributed by atoms with van der Waals surface area (Å²) in [5, 5.41) is 2.42. The predicted molar refractivity (Wildman–Crippen MR) is 122 cm³/mol. The Labute approximate surface area is 191 Å². The number of carbonyl (C=O) groups excluding carboxylic acids is 3. The smallest absolute Gasteiger partial charge is 0.326 e. The van der Waals surface area contributed by atoms with E-state index < -0.39 is 34.5 Å². The fourth-order valence-electron chi connectivity index (χ4n) is 3.35. The molecule has 0 fully saturated rings. The summed E-state index contributed by atoms with van der Waals surface area (Å²) in [6.45, 7) is 12.8. The molecule has 1 unspecified atom stereocenters. The predicted octanol–water partition coefficient (Wildman–Crippen LogP) is 2.02. The molecule has 0 spiro atoms. The largest absolute Gasteiger partial charge is 0.451 e. The van der Waals surface area contributed by atoms with Crippen molar-refractivity contribution < 1.29 is 27.5 Å². The number of nitrogens with zero attached hydrogens (tertiary/aromatic N) is 2. The number of hydrogen-bond acceptors (Lipinski definition) is 6. The number of carbonyl (C=O) groups is 3. The molecule has 1 aromatic carbocycles. The molecule has 0 aliphatic heterocycles. The van der Waals surface area contributed by atoms with Crippen molar-refractivity contribution in [1.82, 2.24) is 14.5 Å². The van der Waals surface area contributed by atoms with Gasteiger partial charge >= 0.3 is 5.97 Å². The van der Waals surface area contributed by atoms with E-state index >= 15 is 0 Å². The van der Waals surface area contributed by atoms with Gasteiger partial charge in [0.15, 0.2) is 6.10 Å². The van der Waals surface area contributed by atoms with Crippen LogP contribution < -0.4 is 5.32 Å². The van der Waals surface area contributed by atoms with Gasteiger partial charge in [-0.1, -0.05) is 13.8 Å². The van der Waals surface area contributed by atoms with Gasteiger partial charge in [0.05, 0.1) is 4.90 Å². The number of rotatable bonds is 11. The zero-order valence-electron chi connectivity index (χ0n) is 19.9. The van der Waals surface area contributed by atoms with E-state index in [1.54, 1.807) is 18.7 Å². The Hall–Kier alpha value is -2.46. The molecule has 32 heavy (non-hydrogen) atoms. The molecular formula is C22H35N3O6S. The maximum atomic E-state index is 12.5. The van der Waals surface area contributed by atoms with Crippen LogP contribution in [0.15, 0.2) is 29.2 Å². The summed E-state index contributed by atoms with van der Waals surface area (Å²) in [6, 6.07) is 5.38. The number of esters is 1. The summed E-state index contributed by atoms with van der Waals surface area (Å²) in [5.74, 6) is -1.61. The van der Waals surface area contributed by atoms with E-state index in [1.165, 1.54) is 35.5 Å². The topological polar surface area (TPSA) is 113 Å². The van der Waals surface area contributed by atoms with E-state index in [4.69, 9.17) is 4.74 Å². The van der Waals surface area contributed by atoms with Crippen molar-refractivity contribution in [1.29, 1.82) is 0 Å². The first-order valence-electron chi connectivity index (χ1n) is 10.8. The SMILES string of the molecule is CCN(CC)S(=O)(=O)c1ccc(C(=O)NCC(=O)OC(C)C(=O)N(C(C)C)C(C)C)cc1. The minimum atomic E-state index is -3.62. The summed E-state index contributed by atoms with van der Waals surface area (Å²) in [4.78, 5) is 38.7.